The molecular formula is C25H29FN2O2. The molecule has 2 fully saturated rings. The third-order valence-corrected chi connectivity index (χ3v) is 6.38. The molecule has 0 aromatic heterocycles. The fourth-order valence-corrected chi connectivity index (χ4v) is 4.66. The van der Waals surface area contributed by atoms with Gasteiger partial charge in [-0.1, -0.05) is 67.6 Å². The van der Waals surface area contributed by atoms with E-state index in [1.807, 2.05) is 36.1 Å². The van der Waals surface area contributed by atoms with Gasteiger partial charge in [-0.2, -0.15) is 0 Å². The molecular weight excluding hydrogens is 379 g/mol. The third kappa shape index (κ3) is 4.40. The van der Waals surface area contributed by atoms with Crippen molar-refractivity contribution in [2.24, 2.45) is 0 Å². The first kappa shape index (κ1) is 20.6. The maximum absolute atomic E-state index is 13.7. The van der Waals surface area contributed by atoms with Crippen LogP contribution in [0.1, 0.15) is 61.3 Å². The van der Waals surface area contributed by atoms with Gasteiger partial charge in [0.1, 0.15) is 18.4 Å². The highest BCUT2D eigenvalue weighted by molar-refractivity contribution is 5.95. The van der Waals surface area contributed by atoms with Crippen LogP contribution in [0.5, 0.6) is 0 Å². The summed E-state index contributed by atoms with van der Waals surface area (Å²) in [6.45, 7) is 2.43. The molecule has 4 rings (SSSR count). The number of carbonyl (C=O) groups excluding carboxylic acids is 2. The van der Waals surface area contributed by atoms with Crippen LogP contribution in [0.15, 0.2) is 48.5 Å². The lowest BCUT2D eigenvalue weighted by Crippen LogP contribution is -2.57. The van der Waals surface area contributed by atoms with Gasteiger partial charge in [-0.15, -0.1) is 0 Å². The molecule has 158 valence electrons. The van der Waals surface area contributed by atoms with Gasteiger partial charge in [-0.05, 0) is 43.0 Å². The van der Waals surface area contributed by atoms with Gasteiger partial charge in [0.2, 0.25) is 5.91 Å². The fourth-order valence-electron chi connectivity index (χ4n) is 4.66. The molecule has 0 N–H and O–H groups in total. The number of carbonyl (C=O) groups is 2. The summed E-state index contributed by atoms with van der Waals surface area (Å²) in [5.41, 5.74) is 2.76. The van der Waals surface area contributed by atoms with Crippen LogP contribution < -0.4 is 0 Å². The van der Waals surface area contributed by atoms with Crippen molar-refractivity contribution in [3.8, 4) is 0 Å². The number of aryl methyl sites for hydroxylation is 1. The van der Waals surface area contributed by atoms with Crippen molar-refractivity contribution >= 4 is 11.8 Å². The van der Waals surface area contributed by atoms with Gasteiger partial charge in [0.25, 0.3) is 5.91 Å². The van der Waals surface area contributed by atoms with Crippen molar-refractivity contribution in [3.05, 3.63) is 71.0 Å². The summed E-state index contributed by atoms with van der Waals surface area (Å²) in [6.07, 6.45) is 6.55. The first-order chi connectivity index (χ1) is 14.5. The third-order valence-electron chi connectivity index (χ3n) is 6.38. The van der Waals surface area contributed by atoms with Crippen molar-refractivity contribution in [2.75, 3.05) is 6.54 Å². The van der Waals surface area contributed by atoms with Crippen LogP contribution in [-0.2, 0) is 16.1 Å². The van der Waals surface area contributed by atoms with Crippen LogP contribution in [0, 0.1) is 12.7 Å². The lowest BCUT2D eigenvalue weighted by atomic mass is 9.96. The molecule has 1 atom stereocenters. The Balaban J connectivity index is 1.66. The first-order valence-corrected chi connectivity index (χ1v) is 10.9. The number of hydrogen-bond donors (Lipinski definition) is 0. The van der Waals surface area contributed by atoms with E-state index in [0.717, 1.165) is 42.4 Å². The van der Waals surface area contributed by atoms with Gasteiger partial charge >= 0.3 is 0 Å². The average Bonchev–Trinajstić information content (AvgIpc) is 3.02. The van der Waals surface area contributed by atoms with Gasteiger partial charge in [-0.3, -0.25) is 9.59 Å². The summed E-state index contributed by atoms with van der Waals surface area (Å²) in [5.74, 6) is -0.351. The maximum atomic E-state index is 13.7. The van der Waals surface area contributed by atoms with E-state index in [0.29, 0.717) is 6.54 Å². The number of piperazine rings is 1. The van der Waals surface area contributed by atoms with E-state index in [4.69, 9.17) is 0 Å². The maximum Gasteiger partial charge on any atom is 0.250 e. The number of nitrogens with zero attached hydrogens (tertiary/aromatic N) is 2. The zero-order valence-corrected chi connectivity index (χ0v) is 17.5. The molecule has 1 aliphatic heterocycles. The second kappa shape index (κ2) is 8.99. The lowest BCUT2D eigenvalue weighted by Gasteiger charge is -2.43. The largest absolute Gasteiger partial charge is 0.328 e. The van der Waals surface area contributed by atoms with Crippen LogP contribution in [0.2, 0.25) is 0 Å². The molecule has 0 spiro atoms. The highest BCUT2D eigenvalue weighted by atomic mass is 19.1. The van der Waals surface area contributed by atoms with Crippen LogP contribution in [-0.4, -0.2) is 34.2 Å². The average molecular weight is 409 g/mol. The molecule has 4 nitrogen and oxygen atoms in total. The second-order valence-corrected chi connectivity index (χ2v) is 8.57. The zero-order valence-electron chi connectivity index (χ0n) is 17.5. The van der Waals surface area contributed by atoms with Crippen molar-refractivity contribution < 1.29 is 14.0 Å². The van der Waals surface area contributed by atoms with E-state index in [-0.39, 0.29) is 30.2 Å². The Hall–Kier alpha value is -2.69. The van der Waals surface area contributed by atoms with Crippen molar-refractivity contribution in [2.45, 2.75) is 64.1 Å². The van der Waals surface area contributed by atoms with Crippen molar-refractivity contribution in [1.82, 2.24) is 9.80 Å². The molecule has 1 saturated carbocycles. The normalized spacial score (nSPS) is 21.1. The fraction of sp³-hybridized carbons (Fsp3) is 0.440. The summed E-state index contributed by atoms with van der Waals surface area (Å²) in [4.78, 5) is 30.4. The van der Waals surface area contributed by atoms with Gasteiger partial charge in [0, 0.05) is 12.6 Å². The molecule has 30 heavy (non-hydrogen) atoms. The van der Waals surface area contributed by atoms with Crippen LogP contribution >= 0.6 is 0 Å². The van der Waals surface area contributed by atoms with Gasteiger partial charge in [-0.25, -0.2) is 4.39 Å². The SMILES string of the molecule is Cc1ccc(C2C(=O)N(C3CCCCCC3)CC(=O)N2Cc2ccc(F)cc2)cc1. The highest BCUT2D eigenvalue weighted by Gasteiger charge is 2.42. The number of halogens is 1. The van der Waals surface area contributed by atoms with Crippen LogP contribution in [0.25, 0.3) is 0 Å². The predicted octanol–water partition coefficient (Wildman–Crippen LogP) is 4.77. The molecule has 5 heteroatoms. The molecule has 0 radical (unpaired) electrons. The van der Waals surface area contributed by atoms with E-state index in [1.165, 1.54) is 25.0 Å². The van der Waals surface area contributed by atoms with E-state index in [1.54, 1.807) is 17.0 Å². The van der Waals surface area contributed by atoms with E-state index < -0.39 is 6.04 Å². The quantitative estimate of drug-likeness (QED) is 0.684. The number of amides is 2. The van der Waals surface area contributed by atoms with Crippen LogP contribution in [0.3, 0.4) is 0 Å². The smallest absolute Gasteiger partial charge is 0.250 e. The summed E-state index contributed by atoms with van der Waals surface area (Å²) in [5, 5.41) is 0. The number of rotatable bonds is 4. The van der Waals surface area contributed by atoms with Gasteiger partial charge in [0.15, 0.2) is 0 Å². The molecule has 1 saturated heterocycles. The zero-order chi connectivity index (χ0) is 21.1. The Labute approximate surface area is 177 Å². The minimum Gasteiger partial charge on any atom is -0.328 e. The van der Waals surface area contributed by atoms with Crippen molar-refractivity contribution in [3.63, 3.8) is 0 Å². The molecule has 2 aromatic rings. The molecule has 2 amide bonds. The Kier molecular flexibility index (Phi) is 6.16. The topological polar surface area (TPSA) is 40.6 Å². The van der Waals surface area contributed by atoms with E-state index in [2.05, 4.69) is 0 Å². The number of hydrogen-bond acceptors (Lipinski definition) is 2. The monoisotopic (exact) mass is 408 g/mol. The highest BCUT2D eigenvalue weighted by Crippen LogP contribution is 2.33. The summed E-state index contributed by atoms with van der Waals surface area (Å²) in [7, 11) is 0. The molecule has 0 bridgehead atoms. The standard InChI is InChI=1S/C25H29FN2O2/c1-18-8-12-20(13-9-18)24-25(30)27(22-6-4-2-3-5-7-22)17-23(29)28(24)16-19-10-14-21(26)15-11-19/h8-15,22,24H,2-7,16-17H2,1H3. The molecule has 2 aliphatic rings. The van der Waals surface area contributed by atoms with Gasteiger partial charge in [0.05, 0.1) is 0 Å². The van der Waals surface area contributed by atoms with Gasteiger partial charge < -0.3 is 9.80 Å². The second-order valence-electron chi connectivity index (χ2n) is 8.57. The Morgan fingerprint density at radius 2 is 1.53 bits per heavy atom. The van der Waals surface area contributed by atoms with Crippen molar-refractivity contribution in [1.29, 1.82) is 0 Å². The van der Waals surface area contributed by atoms with E-state index in [9.17, 15) is 14.0 Å². The summed E-state index contributed by atoms with van der Waals surface area (Å²) < 4.78 is 13.3. The molecule has 1 heterocycles. The predicted molar refractivity (Wildman–Crippen MR) is 114 cm³/mol. The Morgan fingerprint density at radius 3 is 2.17 bits per heavy atom. The molecule has 1 aliphatic carbocycles. The molecule has 1 unspecified atom stereocenters. The van der Waals surface area contributed by atoms with Crippen LogP contribution in [0.4, 0.5) is 4.39 Å². The van der Waals surface area contributed by atoms with E-state index >= 15 is 0 Å². The summed E-state index contributed by atoms with van der Waals surface area (Å²) in [6, 6.07) is 13.5. The minimum atomic E-state index is -0.639. The molecule has 2 aromatic carbocycles. The Morgan fingerprint density at radius 1 is 0.900 bits per heavy atom. The lowest BCUT2D eigenvalue weighted by molar-refractivity contribution is -0.159. The summed E-state index contributed by atoms with van der Waals surface area (Å²) >= 11 is 0. The number of benzene rings is 2. The minimum absolute atomic E-state index is 0.00691. The Bertz CT molecular complexity index is 886. The first-order valence-electron chi connectivity index (χ1n) is 10.9.